The third-order valence-electron chi connectivity index (χ3n) is 2.08. The lowest BCUT2D eigenvalue weighted by Crippen LogP contribution is -2.35. The molecule has 0 aromatic rings. The number of aliphatic carboxylic acids is 1. The number of carbonyl (C=O) groups is 1. The van der Waals surface area contributed by atoms with Gasteiger partial charge in [0.25, 0.3) is 0 Å². The van der Waals surface area contributed by atoms with E-state index in [9.17, 15) is 4.79 Å². The molecule has 1 rings (SSSR count). The van der Waals surface area contributed by atoms with Crippen molar-refractivity contribution in [3.05, 3.63) is 0 Å². The van der Waals surface area contributed by atoms with Crippen LogP contribution in [0.1, 0.15) is 6.42 Å². The fraction of sp³-hybridized carbons (Fsp3) is 0.857. The van der Waals surface area contributed by atoms with Crippen LogP contribution in [-0.2, 0) is 4.79 Å². The Kier molecular flexibility index (Phi) is 2.46. The molecule has 1 atom stereocenters. The molecule has 0 amide bonds. The molecule has 4 nitrogen and oxygen atoms in total. The van der Waals surface area contributed by atoms with Gasteiger partial charge in [0.15, 0.2) is 0 Å². The van der Waals surface area contributed by atoms with E-state index in [-0.39, 0.29) is 5.92 Å². The first-order valence-electron chi connectivity index (χ1n) is 3.76. The predicted molar refractivity (Wildman–Crippen MR) is 41.0 cm³/mol. The normalized spacial score (nSPS) is 26.3. The van der Waals surface area contributed by atoms with Crippen LogP contribution in [0, 0.1) is 5.92 Å². The fourth-order valence-electron chi connectivity index (χ4n) is 1.31. The van der Waals surface area contributed by atoms with Crippen molar-refractivity contribution >= 4 is 5.97 Å². The lowest BCUT2D eigenvalue weighted by molar-refractivity contribution is -0.141. The van der Waals surface area contributed by atoms with Crippen molar-refractivity contribution in [3.8, 4) is 0 Å². The number of carboxylic acid groups (broad SMARTS) is 1. The van der Waals surface area contributed by atoms with Crippen molar-refractivity contribution in [2.75, 3.05) is 27.2 Å². The van der Waals surface area contributed by atoms with Crippen LogP contribution in [0.4, 0.5) is 0 Å². The standard InChI is InChI=1S/C7H14N2O2/c1-8(2)9-4-3-6(5-9)7(10)11/h6H,3-5H2,1-2H3,(H,10,11). The molecule has 1 fully saturated rings. The van der Waals surface area contributed by atoms with E-state index < -0.39 is 5.97 Å². The Morgan fingerprint density at radius 2 is 2.27 bits per heavy atom. The summed E-state index contributed by atoms with van der Waals surface area (Å²) in [6, 6.07) is 0. The molecule has 1 heterocycles. The first-order valence-corrected chi connectivity index (χ1v) is 3.76. The van der Waals surface area contributed by atoms with E-state index in [1.54, 1.807) is 0 Å². The summed E-state index contributed by atoms with van der Waals surface area (Å²) >= 11 is 0. The number of carboxylic acids is 1. The quantitative estimate of drug-likeness (QED) is 0.608. The molecule has 11 heavy (non-hydrogen) atoms. The van der Waals surface area contributed by atoms with Gasteiger partial charge < -0.3 is 5.11 Å². The van der Waals surface area contributed by atoms with E-state index in [1.165, 1.54) is 0 Å². The molecular weight excluding hydrogens is 144 g/mol. The minimum absolute atomic E-state index is 0.169. The van der Waals surface area contributed by atoms with E-state index in [4.69, 9.17) is 5.11 Å². The molecular formula is C7H14N2O2. The smallest absolute Gasteiger partial charge is 0.307 e. The minimum Gasteiger partial charge on any atom is -0.481 e. The zero-order chi connectivity index (χ0) is 8.43. The summed E-state index contributed by atoms with van der Waals surface area (Å²) < 4.78 is 0. The van der Waals surface area contributed by atoms with Gasteiger partial charge in [-0.15, -0.1) is 0 Å². The second-order valence-corrected chi connectivity index (χ2v) is 3.08. The third-order valence-corrected chi connectivity index (χ3v) is 2.08. The molecule has 64 valence electrons. The molecule has 1 N–H and O–H groups in total. The van der Waals surface area contributed by atoms with E-state index in [1.807, 2.05) is 24.1 Å². The SMILES string of the molecule is CN(C)N1CCC(C(=O)O)C1. The molecule has 1 aliphatic heterocycles. The second-order valence-electron chi connectivity index (χ2n) is 3.08. The van der Waals surface area contributed by atoms with Crippen LogP contribution >= 0.6 is 0 Å². The highest BCUT2D eigenvalue weighted by Crippen LogP contribution is 2.16. The number of hydrazine groups is 1. The van der Waals surface area contributed by atoms with Crippen LogP contribution in [0.2, 0.25) is 0 Å². The first-order chi connectivity index (χ1) is 5.11. The third kappa shape index (κ3) is 1.91. The molecule has 1 unspecified atom stereocenters. The van der Waals surface area contributed by atoms with Crippen molar-refractivity contribution in [1.29, 1.82) is 0 Å². The summed E-state index contributed by atoms with van der Waals surface area (Å²) in [6.45, 7) is 1.52. The van der Waals surface area contributed by atoms with Gasteiger partial charge in [0.2, 0.25) is 0 Å². The molecule has 0 aromatic heterocycles. The fourth-order valence-corrected chi connectivity index (χ4v) is 1.31. The van der Waals surface area contributed by atoms with E-state index in [0.717, 1.165) is 13.0 Å². The maximum absolute atomic E-state index is 10.5. The molecule has 0 bridgehead atoms. The Labute approximate surface area is 66.4 Å². The van der Waals surface area contributed by atoms with Gasteiger partial charge in [0.1, 0.15) is 0 Å². The summed E-state index contributed by atoms with van der Waals surface area (Å²) in [4.78, 5) is 10.5. The van der Waals surface area contributed by atoms with Crippen molar-refractivity contribution < 1.29 is 9.90 Å². The van der Waals surface area contributed by atoms with E-state index in [2.05, 4.69) is 0 Å². The number of rotatable bonds is 2. The molecule has 0 radical (unpaired) electrons. The highest BCUT2D eigenvalue weighted by molar-refractivity contribution is 5.70. The Bertz CT molecular complexity index is 159. The van der Waals surface area contributed by atoms with Crippen LogP contribution in [0.5, 0.6) is 0 Å². The van der Waals surface area contributed by atoms with Crippen LogP contribution < -0.4 is 0 Å². The van der Waals surface area contributed by atoms with Crippen LogP contribution in [-0.4, -0.2) is 48.3 Å². The largest absolute Gasteiger partial charge is 0.481 e. The lowest BCUT2D eigenvalue weighted by atomic mass is 10.1. The van der Waals surface area contributed by atoms with Crippen LogP contribution in [0.25, 0.3) is 0 Å². The maximum atomic E-state index is 10.5. The van der Waals surface area contributed by atoms with Crippen molar-refractivity contribution in [1.82, 2.24) is 10.0 Å². The monoisotopic (exact) mass is 158 g/mol. The Balaban J connectivity index is 2.41. The molecule has 0 aliphatic carbocycles. The predicted octanol–water partition coefficient (Wildman–Crippen LogP) is -0.131. The summed E-state index contributed by atoms with van der Waals surface area (Å²) in [6.07, 6.45) is 0.771. The topological polar surface area (TPSA) is 43.8 Å². The lowest BCUT2D eigenvalue weighted by Gasteiger charge is -2.22. The van der Waals surface area contributed by atoms with Crippen molar-refractivity contribution in [3.63, 3.8) is 0 Å². The van der Waals surface area contributed by atoms with Crippen molar-refractivity contribution in [2.45, 2.75) is 6.42 Å². The van der Waals surface area contributed by atoms with Gasteiger partial charge in [-0.2, -0.15) is 0 Å². The first kappa shape index (κ1) is 8.49. The zero-order valence-corrected chi connectivity index (χ0v) is 6.95. The molecule has 1 saturated heterocycles. The zero-order valence-electron chi connectivity index (χ0n) is 6.95. The average Bonchev–Trinajstić information content (AvgIpc) is 2.33. The Morgan fingerprint density at radius 3 is 2.55 bits per heavy atom. The highest BCUT2D eigenvalue weighted by Gasteiger charge is 2.28. The van der Waals surface area contributed by atoms with Gasteiger partial charge in [-0.25, -0.2) is 10.0 Å². The minimum atomic E-state index is -0.672. The number of hydrogen-bond acceptors (Lipinski definition) is 3. The van der Waals surface area contributed by atoms with Crippen LogP contribution in [0.15, 0.2) is 0 Å². The Morgan fingerprint density at radius 1 is 1.64 bits per heavy atom. The summed E-state index contributed by atoms with van der Waals surface area (Å²) in [5.74, 6) is -0.841. The summed E-state index contributed by atoms with van der Waals surface area (Å²) in [7, 11) is 3.87. The summed E-state index contributed by atoms with van der Waals surface area (Å²) in [5, 5.41) is 12.7. The van der Waals surface area contributed by atoms with Gasteiger partial charge in [0, 0.05) is 27.2 Å². The van der Waals surface area contributed by atoms with Crippen LogP contribution in [0.3, 0.4) is 0 Å². The van der Waals surface area contributed by atoms with Gasteiger partial charge in [-0.3, -0.25) is 4.79 Å². The molecule has 0 aromatic carbocycles. The molecule has 1 aliphatic rings. The molecule has 0 spiro atoms. The summed E-state index contributed by atoms with van der Waals surface area (Å²) in [5.41, 5.74) is 0. The van der Waals surface area contributed by atoms with Crippen molar-refractivity contribution in [2.24, 2.45) is 5.92 Å². The maximum Gasteiger partial charge on any atom is 0.307 e. The highest BCUT2D eigenvalue weighted by atomic mass is 16.4. The average molecular weight is 158 g/mol. The van der Waals surface area contributed by atoms with Gasteiger partial charge in [0.05, 0.1) is 5.92 Å². The number of nitrogens with zero attached hydrogens (tertiary/aromatic N) is 2. The van der Waals surface area contributed by atoms with E-state index >= 15 is 0 Å². The molecule has 0 saturated carbocycles. The van der Waals surface area contributed by atoms with Gasteiger partial charge in [-0.05, 0) is 6.42 Å². The van der Waals surface area contributed by atoms with Gasteiger partial charge >= 0.3 is 5.97 Å². The van der Waals surface area contributed by atoms with E-state index in [0.29, 0.717) is 6.54 Å². The van der Waals surface area contributed by atoms with Gasteiger partial charge in [-0.1, -0.05) is 0 Å². The second kappa shape index (κ2) is 3.19. The Hall–Kier alpha value is -0.610. The molecule has 4 heteroatoms. The number of hydrogen-bond donors (Lipinski definition) is 1.